The molecule has 7 heteroatoms. The van der Waals surface area contributed by atoms with Gasteiger partial charge >= 0.3 is 11.3 Å². The van der Waals surface area contributed by atoms with E-state index in [4.69, 9.17) is 9.15 Å². The summed E-state index contributed by atoms with van der Waals surface area (Å²) >= 11 is 0. The van der Waals surface area contributed by atoms with Gasteiger partial charge in [-0.2, -0.15) is 0 Å². The summed E-state index contributed by atoms with van der Waals surface area (Å²) in [5, 5.41) is 14.6. The summed E-state index contributed by atoms with van der Waals surface area (Å²) in [6.45, 7) is 0. The van der Waals surface area contributed by atoms with Crippen LogP contribution in [0.5, 0.6) is 5.75 Å². The van der Waals surface area contributed by atoms with Gasteiger partial charge in [0.25, 0.3) is 0 Å². The Morgan fingerprint density at radius 3 is 2.48 bits per heavy atom. The van der Waals surface area contributed by atoms with E-state index >= 15 is 0 Å². The molecule has 1 aromatic heterocycles. The van der Waals surface area contributed by atoms with E-state index < -0.39 is 16.2 Å². The Hall–Kier alpha value is -3.35. The highest BCUT2D eigenvalue weighted by atomic mass is 16.6. The second kappa shape index (κ2) is 5.80. The maximum Gasteiger partial charge on any atom is 0.417 e. The Labute approximate surface area is 130 Å². The molecule has 0 aliphatic carbocycles. The highest BCUT2D eigenvalue weighted by Crippen LogP contribution is 2.32. The van der Waals surface area contributed by atoms with Crippen LogP contribution in [0.15, 0.2) is 57.7 Å². The van der Waals surface area contributed by atoms with Gasteiger partial charge in [-0.3, -0.25) is 10.1 Å². The van der Waals surface area contributed by atoms with Crippen LogP contribution in [-0.4, -0.2) is 12.0 Å². The lowest BCUT2D eigenvalue weighted by Crippen LogP contribution is -2.10. The number of hydrogen-bond donors (Lipinski definition) is 1. The quantitative estimate of drug-likeness (QED) is 0.450. The first-order valence-corrected chi connectivity index (χ1v) is 6.71. The van der Waals surface area contributed by atoms with Gasteiger partial charge in [-0.25, -0.2) is 4.79 Å². The molecule has 116 valence electrons. The molecule has 1 heterocycles. The van der Waals surface area contributed by atoms with Crippen molar-refractivity contribution in [2.45, 2.75) is 0 Å². The fraction of sp³-hybridized carbons (Fsp3) is 0.0625. The van der Waals surface area contributed by atoms with Gasteiger partial charge in [-0.1, -0.05) is 12.1 Å². The SMILES string of the molecule is COc1ccc(Nc2c([N+](=O)[O-])c(=O)oc3ccccc23)cc1. The van der Waals surface area contributed by atoms with E-state index in [-0.39, 0.29) is 11.3 Å². The van der Waals surface area contributed by atoms with Gasteiger partial charge in [0.2, 0.25) is 0 Å². The van der Waals surface area contributed by atoms with Crippen LogP contribution in [0.3, 0.4) is 0 Å². The largest absolute Gasteiger partial charge is 0.497 e. The van der Waals surface area contributed by atoms with E-state index in [1.807, 2.05) is 0 Å². The predicted octanol–water partition coefficient (Wildman–Crippen LogP) is 3.45. The van der Waals surface area contributed by atoms with Crippen molar-refractivity contribution in [2.24, 2.45) is 0 Å². The fourth-order valence-electron chi connectivity index (χ4n) is 2.25. The van der Waals surface area contributed by atoms with Crippen molar-refractivity contribution in [2.75, 3.05) is 12.4 Å². The van der Waals surface area contributed by atoms with Gasteiger partial charge in [0, 0.05) is 11.1 Å². The van der Waals surface area contributed by atoms with Gasteiger partial charge in [0.15, 0.2) is 0 Å². The standard InChI is InChI=1S/C16H12N2O5/c1-22-11-8-6-10(7-9-11)17-14-12-4-2-3-5-13(12)23-16(19)15(14)18(20)21/h2-9,17H,1H3. The molecule has 0 saturated carbocycles. The van der Waals surface area contributed by atoms with E-state index in [1.165, 1.54) is 0 Å². The fourth-order valence-corrected chi connectivity index (χ4v) is 2.25. The first kappa shape index (κ1) is 14.6. The van der Waals surface area contributed by atoms with E-state index in [1.54, 1.807) is 55.6 Å². The highest BCUT2D eigenvalue weighted by Gasteiger charge is 2.24. The third-order valence-corrected chi connectivity index (χ3v) is 3.33. The number of benzene rings is 2. The third kappa shape index (κ3) is 2.71. The first-order chi connectivity index (χ1) is 11.1. The zero-order valence-electron chi connectivity index (χ0n) is 12.1. The summed E-state index contributed by atoms with van der Waals surface area (Å²) in [6.07, 6.45) is 0. The van der Waals surface area contributed by atoms with Crippen molar-refractivity contribution in [3.05, 3.63) is 69.1 Å². The molecule has 3 rings (SSSR count). The van der Waals surface area contributed by atoms with Crippen LogP contribution >= 0.6 is 0 Å². The molecule has 23 heavy (non-hydrogen) atoms. The molecule has 0 atom stereocenters. The minimum atomic E-state index is -0.996. The van der Waals surface area contributed by atoms with Gasteiger partial charge in [-0.05, 0) is 36.4 Å². The maximum absolute atomic E-state index is 11.9. The summed E-state index contributed by atoms with van der Waals surface area (Å²) < 4.78 is 10.1. The number of anilines is 2. The molecule has 0 bridgehead atoms. The van der Waals surface area contributed by atoms with Crippen LogP contribution < -0.4 is 15.7 Å². The normalized spacial score (nSPS) is 10.5. The van der Waals surface area contributed by atoms with Crippen LogP contribution in [0.1, 0.15) is 0 Å². The minimum Gasteiger partial charge on any atom is -0.497 e. The highest BCUT2D eigenvalue weighted by molar-refractivity contribution is 5.96. The Morgan fingerprint density at radius 2 is 1.83 bits per heavy atom. The van der Waals surface area contributed by atoms with Crippen LogP contribution in [-0.2, 0) is 0 Å². The molecular formula is C16H12N2O5. The van der Waals surface area contributed by atoms with Gasteiger partial charge in [0.1, 0.15) is 17.0 Å². The van der Waals surface area contributed by atoms with Crippen LogP contribution in [0, 0.1) is 10.1 Å². The summed E-state index contributed by atoms with van der Waals surface area (Å²) in [5.41, 5.74) is -0.653. The molecule has 0 aliphatic rings. The van der Waals surface area contributed by atoms with Crippen molar-refractivity contribution in [1.29, 1.82) is 0 Å². The maximum atomic E-state index is 11.9. The van der Waals surface area contributed by atoms with E-state index in [2.05, 4.69) is 5.32 Å². The van der Waals surface area contributed by atoms with Crippen LogP contribution in [0.4, 0.5) is 17.1 Å². The lowest BCUT2D eigenvalue weighted by Gasteiger charge is -2.09. The number of rotatable bonds is 4. The molecule has 0 unspecified atom stereocenters. The number of fused-ring (bicyclic) bond motifs is 1. The zero-order valence-corrected chi connectivity index (χ0v) is 12.1. The Morgan fingerprint density at radius 1 is 1.13 bits per heavy atom. The summed E-state index contributed by atoms with van der Waals surface area (Å²) in [7, 11) is 1.54. The van der Waals surface area contributed by atoms with Gasteiger partial charge < -0.3 is 14.5 Å². The van der Waals surface area contributed by atoms with Crippen molar-refractivity contribution >= 4 is 28.0 Å². The molecule has 7 nitrogen and oxygen atoms in total. The lowest BCUT2D eigenvalue weighted by atomic mass is 10.1. The molecule has 1 N–H and O–H groups in total. The van der Waals surface area contributed by atoms with Crippen LogP contribution in [0.2, 0.25) is 0 Å². The van der Waals surface area contributed by atoms with Gasteiger partial charge in [-0.15, -0.1) is 0 Å². The number of methoxy groups -OCH3 is 1. The van der Waals surface area contributed by atoms with Gasteiger partial charge in [0.05, 0.1) is 12.0 Å². The number of para-hydroxylation sites is 1. The van der Waals surface area contributed by atoms with Crippen molar-refractivity contribution in [3.8, 4) is 5.75 Å². The summed E-state index contributed by atoms with van der Waals surface area (Å²) in [4.78, 5) is 22.4. The third-order valence-electron chi connectivity index (χ3n) is 3.33. The Kier molecular flexibility index (Phi) is 3.68. The molecule has 2 aromatic carbocycles. The van der Waals surface area contributed by atoms with Crippen molar-refractivity contribution in [1.82, 2.24) is 0 Å². The second-order valence-corrected chi connectivity index (χ2v) is 4.72. The second-order valence-electron chi connectivity index (χ2n) is 4.72. The summed E-state index contributed by atoms with van der Waals surface area (Å²) in [5.74, 6) is 0.655. The average Bonchev–Trinajstić information content (AvgIpc) is 2.55. The first-order valence-electron chi connectivity index (χ1n) is 6.71. The monoisotopic (exact) mass is 312 g/mol. The number of nitrogens with zero attached hydrogens (tertiary/aromatic N) is 1. The predicted molar refractivity (Wildman–Crippen MR) is 85.4 cm³/mol. The molecule has 0 spiro atoms. The molecule has 0 fully saturated rings. The van der Waals surface area contributed by atoms with Crippen molar-refractivity contribution in [3.63, 3.8) is 0 Å². The molecular weight excluding hydrogens is 300 g/mol. The van der Waals surface area contributed by atoms with E-state index in [0.717, 1.165) is 0 Å². The number of ether oxygens (including phenoxy) is 1. The molecule has 0 saturated heterocycles. The number of nitro groups is 1. The van der Waals surface area contributed by atoms with E-state index in [9.17, 15) is 14.9 Å². The molecule has 0 radical (unpaired) electrons. The topological polar surface area (TPSA) is 94.6 Å². The van der Waals surface area contributed by atoms with Crippen LogP contribution in [0.25, 0.3) is 11.0 Å². The summed E-state index contributed by atoms with van der Waals surface area (Å²) in [6, 6.07) is 13.5. The minimum absolute atomic E-state index is 0.104. The number of hydrogen-bond acceptors (Lipinski definition) is 6. The number of nitrogens with one attached hydrogen (secondary N) is 1. The Balaban J connectivity index is 2.19. The molecule has 0 aliphatic heterocycles. The van der Waals surface area contributed by atoms with E-state index in [0.29, 0.717) is 16.8 Å². The zero-order chi connectivity index (χ0) is 16.4. The van der Waals surface area contributed by atoms with Crippen molar-refractivity contribution < 1.29 is 14.1 Å². The molecule has 3 aromatic rings. The lowest BCUT2D eigenvalue weighted by molar-refractivity contribution is -0.386. The smallest absolute Gasteiger partial charge is 0.417 e. The Bertz CT molecular complexity index is 931. The molecule has 0 amide bonds. The average molecular weight is 312 g/mol.